The first-order valence-corrected chi connectivity index (χ1v) is 2.00. The molecule has 0 aliphatic carbocycles. The molecule has 0 saturated heterocycles. The molecule has 0 aromatic carbocycles. The van der Waals surface area contributed by atoms with Crippen molar-refractivity contribution >= 4 is 0 Å². The van der Waals surface area contributed by atoms with Gasteiger partial charge in [-0.15, -0.1) is 0 Å². The average Bonchev–Trinajstić information content (AvgIpc) is 0.722. The first kappa shape index (κ1) is 9.30. The van der Waals surface area contributed by atoms with E-state index in [-0.39, 0.29) is 7.43 Å². The number of hydrogen-bond donors (Lipinski definition) is 0. The molecule has 0 spiro atoms. The van der Waals surface area contributed by atoms with Gasteiger partial charge in [0.15, 0.2) is 0 Å². The van der Waals surface area contributed by atoms with Crippen molar-refractivity contribution in [2.75, 3.05) is 0 Å². The summed E-state index contributed by atoms with van der Waals surface area (Å²) < 4.78 is 0. The van der Waals surface area contributed by atoms with Crippen molar-refractivity contribution in [3.63, 3.8) is 0 Å². The predicted molar refractivity (Wildman–Crippen MR) is 31.5 cm³/mol. The molecule has 38 valence electrons. The van der Waals surface area contributed by atoms with Crippen LogP contribution in [0.1, 0.15) is 27.7 Å². The lowest BCUT2D eigenvalue weighted by Crippen LogP contribution is -1.93. The van der Waals surface area contributed by atoms with Gasteiger partial charge in [0.25, 0.3) is 0 Å². The molecule has 0 rings (SSSR count). The fourth-order valence-electron chi connectivity index (χ4n) is 0. The molecule has 6 heavy (non-hydrogen) atoms. The summed E-state index contributed by atoms with van der Waals surface area (Å²) in [6.07, 6.45) is 0. The van der Waals surface area contributed by atoms with Crippen LogP contribution in [0.3, 0.4) is 0 Å². The third-order valence-electron chi connectivity index (χ3n) is 0. The molecule has 0 aliphatic rings. The van der Waals surface area contributed by atoms with E-state index in [1.807, 2.05) is 0 Å². The highest BCUT2D eigenvalue weighted by molar-refractivity contribution is 4.47. The van der Waals surface area contributed by atoms with Crippen molar-refractivity contribution in [2.24, 2.45) is 5.41 Å². The average molecular weight is 87.2 g/mol. The SMILES string of the molecule is CC(C)(C)C.[CH3+]. The Morgan fingerprint density at radius 2 is 0.833 bits per heavy atom. The molecule has 0 saturated carbocycles. The van der Waals surface area contributed by atoms with E-state index in [9.17, 15) is 0 Å². The lowest BCUT2D eigenvalue weighted by Gasteiger charge is -2.05. The maximum atomic E-state index is 2.19. The second-order valence-electron chi connectivity index (χ2n) is 3.00. The van der Waals surface area contributed by atoms with E-state index >= 15 is 0 Å². The Hall–Kier alpha value is -0.130. The van der Waals surface area contributed by atoms with Gasteiger partial charge in [0.1, 0.15) is 0 Å². The third kappa shape index (κ3) is 1890. The van der Waals surface area contributed by atoms with Crippen LogP contribution in [-0.2, 0) is 0 Å². The molecule has 0 fully saturated rings. The Morgan fingerprint density at radius 1 is 0.833 bits per heavy atom. The van der Waals surface area contributed by atoms with Crippen LogP contribution in [-0.4, -0.2) is 0 Å². The van der Waals surface area contributed by atoms with Crippen molar-refractivity contribution < 1.29 is 0 Å². The van der Waals surface area contributed by atoms with E-state index in [1.54, 1.807) is 0 Å². The van der Waals surface area contributed by atoms with E-state index in [1.165, 1.54) is 0 Å². The molecule has 0 aliphatic heterocycles. The van der Waals surface area contributed by atoms with Gasteiger partial charge in [0, 0.05) is 7.43 Å². The van der Waals surface area contributed by atoms with Gasteiger partial charge in [-0.1, -0.05) is 27.7 Å². The van der Waals surface area contributed by atoms with E-state index in [4.69, 9.17) is 0 Å². The van der Waals surface area contributed by atoms with Crippen molar-refractivity contribution in [3.05, 3.63) is 7.43 Å². The Kier molecular flexibility index (Phi) is 3.28. The fraction of sp³-hybridized carbons (Fsp3) is 0.833. The Morgan fingerprint density at radius 3 is 0.833 bits per heavy atom. The Labute approximate surface area is 41.6 Å². The van der Waals surface area contributed by atoms with Crippen molar-refractivity contribution in [1.82, 2.24) is 0 Å². The van der Waals surface area contributed by atoms with Crippen LogP contribution >= 0.6 is 0 Å². The van der Waals surface area contributed by atoms with Crippen molar-refractivity contribution in [1.29, 1.82) is 0 Å². The molecule has 0 heterocycles. The maximum Gasteiger partial charge on any atom is 0.0467 e. The van der Waals surface area contributed by atoms with Crippen molar-refractivity contribution in [2.45, 2.75) is 27.7 Å². The molecular formula is C6H15+. The molecule has 0 N–H and O–H groups in total. The molecule has 0 aromatic heterocycles. The second-order valence-corrected chi connectivity index (χ2v) is 3.00. The van der Waals surface area contributed by atoms with Gasteiger partial charge in [-0.05, 0) is 5.41 Å². The Bertz CT molecular complexity index is 15.5. The molecular weight excluding hydrogens is 72.1 g/mol. The van der Waals surface area contributed by atoms with E-state index in [2.05, 4.69) is 27.7 Å². The molecule has 0 atom stereocenters. The first-order valence-electron chi connectivity index (χ1n) is 2.00. The highest BCUT2D eigenvalue weighted by Gasteiger charge is 1.95. The van der Waals surface area contributed by atoms with Gasteiger partial charge in [-0.25, -0.2) is 0 Å². The molecule has 0 unspecified atom stereocenters. The summed E-state index contributed by atoms with van der Waals surface area (Å²) in [5.74, 6) is 0. The zero-order valence-electron chi connectivity index (χ0n) is 5.50. The minimum atomic E-state index is 0. The first-order chi connectivity index (χ1) is 2.00. The smallest absolute Gasteiger partial charge is 0.0467 e. The van der Waals surface area contributed by atoms with E-state index in [0.29, 0.717) is 5.41 Å². The summed E-state index contributed by atoms with van der Waals surface area (Å²) >= 11 is 0. The maximum absolute atomic E-state index is 2.19. The summed E-state index contributed by atoms with van der Waals surface area (Å²) in [6.45, 7) is 8.75. The summed E-state index contributed by atoms with van der Waals surface area (Å²) in [5.41, 5.74) is 0.500. The minimum absolute atomic E-state index is 0. The monoisotopic (exact) mass is 87.1 g/mol. The summed E-state index contributed by atoms with van der Waals surface area (Å²) in [6, 6.07) is 0. The molecule has 0 amide bonds. The van der Waals surface area contributed by atoms with E-state index in [0.717, 1.165) is 0 Å². The van der Waals surface area contributed by atoms with Crippen LogP contribution in [0, 0.1) is 12.8 Å². The Balaban J connectivity index is 0. The fourth-order valence-corrected chi connectivity index (χ4v) is 0. The highest BCUT2D eigenvalue weighted by atomic mass is 14.0. The van der Waals surface area contributed by atoms with Gasteiger partial charge in [-0.2, -0.15) is 0 Å². The zero-order valence-corrected chi connectivity index (χ0v) is 5.50. The molecule has 0 radical (unpaired) electrons. The topological polar surface area (TPSA) is 0 Å². The van der Waals surface area contributed by atoms with Gasteiger partial charge in [0.2, 0.25) is 0 Å². The number of hydrogen-bond acceptors (Lipinski definition) is 0. The van der Waals surface area contributed by atoms with Crippen molar-refractivity contribution in [3.8, 4) is 0 Å². The van der Waals surface area contributed by atoms with Crippen LogP contribution in [0.5, 0.6) is 0 Å². The minimum Gasteiger partial charge on any atom is -0.0604 e. The highest BCUT2D eigenvalue weighted by Crippen LogP contribution is 2.07. The van der Waals surface area contributed by atoms with Crippen LogP contribution in [0.2, 0.25) is 0 Å². The predicted octanol–water partition coefficient (Wildman–Crippen LogP) is 2.50. The molecule has 0 aromatic rings. The summed E-state index contributed by atoms with van der Waals surface area (Å²) in [4.78, 5) is 0. The quantitative estimate of drug-likeness (QED) is 0.398. The van der Waals surface area contributed by atoms with Crippen LogP contribution in [0.4, 0.5) is 0 Å². The molecule has 0 bridgehead atoms. The lowest BCUT2D eigenvalue weighted by molar-refractivity contribution is 0.469. The lowest BCUT2D eigenvalue weighted by atomic mass is 10.0. The summed E-state index contributed by atoms with van der Waals surface area (Å²) in [7, 11) is 0. The zero-order chi connectivity index (χ0) is 4.50. The summed E-state index contributed by atoms with van der Waals surface area (Å²) in [5, 5.41) is 0. The van der Waals surface area contributed by atoms with Crippen LogP contribution in [0.15, 0.2) is 0 Å². The van der Waals surface area contributed by atoms with Gasteiger partial charge in [0.05, 0.1) is 0 Å². The number of rotatable bonds is 0. The van der Waals surface area contributed by atoms with Gasteiger partial charge < -0.3 is 0 Å². The largest absolute Gasteiger partial charge is 0.0604 e. The third-order valence-corrected chi connectivity index (χ3v) is 0. The molecule has 0 nitrogen and oxygen atoms in total. The normalized spacial score (nSPS) is 10.0. The second kappa shape index (κ2) is 2.12. The van der Waals surface area contributed by atoms with E-state index < -0.39 is 0 Å². The van der Waals surface area contributed by atoms with Crippen LogP contribution < -0.4 is 0 Å². The van der Waals surface area contributed by atoms with Crippen LogP contribution in [0.25, 0.3) is 0 Å². The standard InChI is InChI=1S/C5H12.CH3/c1-5(2,3)4;/h1-4H3;1H3/q;+1. The van der Waals surface area contributed by atoms with Gasteiger partial charge >= 0.3 is 0 Å². The van der Waals surface area contributed by atoms with Gasteiger partial charge in [-0.3, -0.25) is 0 Å². The molecule has 0 heteroatoms.